The van der Waals surface area contributed by atoms with E-state index in [0.29, 0.717) is 0 Å². The minimum Gasteiger partial charge on any atom is -0.265 e. The van der Waals surface area contributed by atoms with Crippen LogP contribution in [-0.4, -0.2) is 9.97 Å². The Morgan fingerprint density at radius 2 is 0.824 bits per heavy atom. The lowest BCUT2D eigenvalue weighted by atomic mass is 10.5. The summed E-state index contributed by atoms with van der Waals surface area (Å²) in [5.41, 5.74) is 0. The van der Waals surface area contributed by atoms with Crippen LogP contribution in [-0.2, 0) is 0 Å². The Balaban J connectivity index is -0.000000173. The fraction of sp³-hybridized carbons (Fsp3) is 0.333. The lowest BCUT2D eigenvalue weighted by molar-refractivity contribution is 1.09. The smallest absolute Gasteiger partial charge is 0.0267 e. The summed E-state index contributed by atoms with van der Waals surface area (Å²) in [4.78, 5) is 7.57. The van der Waals surface area contributed by atoms with Crippen molar-refractivity contribution in [1.82, 2.24) is 9.97 Å². The molecule has 96 valence electrons. The minimum absolute atomic E-state index is 0. The van der Waals surface area contributed by atoms with Gasteiger partial charge in [0.1, 0.15) is 0 Å². The van der Waals surface area contributed by atoms with Crippen LogP contribution in [0.3, 0.4) is 0 Å². The molecule has 2 aromatic rings. The third-order valence-electron chi connectivity index (χ3n) is 1.13. The Morgan fingerprint density at radius 3 is 0.882 bits per heavy atom. The first kappa shape index (κ1) is 20.7. The average Bonchev–Trinajstić information content (AvgIpc) is 2.35. The van der Waals surface area contributed by atoms with Gasteiger partial charge in [0.25, 0.3) is 0 Å². The highest BCUT2D eigenvalue weighted by atomic mass is 14.6. The minimum atomic E-state index is 0. The van der Waals surface area contributed by atoms with E-state index in [0.717, 1.165) is 0 Å². The third-order valence-corrected chi connectivity index (χ3v) is 1.13. The molecule has 0 saturated heterocycles. The van der Waals surface area contributed by atoms with Crippen molar-refractivity contribution in [3.05, 3.63) is 61.2 Å². The van der Waals surface area contributed by atoms with Crippen molar-refractivity contribution in [3.8, 4) is 0 Å². The zero-order chi connectivity index (χ0) is 11.2. The number of aromatic nitrogens is 2. The molecule has 2 heteroatoms. The van der Waals surface area contributed by atoms with Crippen molar-refractivity contribution in [2.75, 3.05) is 0 Å². The molecule has 0 amide bonds. The van der Waals surface area contributed by atoms with Crippen LogP contribution in [0, 0.1) is 0 Å². The van der Waals surface area contributed by atoms with Crippen LogP contribution in [0.2, 0.25) is 0 Å². The maximum Gasteiger partial charge on any atom is 0.0267 e. The molecule has 0 aliphatic heterocycles. The van der Waals surface area contributed by atoms with Crippen LogP contribution in [0.1, 0.15) is 35.1 Å². The highest BCUT2D eigenvalue weighted by molar-refractivity contribution is 4.88. The molecule has 0 aliphatic carbocycles. The zero-order valence-electron chi connectivity index (χ0n) is 9.38. The second-order valence-corrected chi connectivity index (χ2v) is 2.76. The van der Waals surface area contributed by atoms with E-state index in [1.165, 1.54) is 6.42 Å². The number of hydrogen-bond donors (Lipinski definition) is 0. The lowest BCUT2D eigenvalue weighted by Gasteiger charge is -1.70. The second-order valence-electron chi connectivity index (χ2n) is 2.76. The van der Waals surface area contributed by atoms with Gasteiger partial charge in [-0.15, -0.1) is 0 Å². The number of pyridine rings is 2. The first-order valence-electron chi connectivity index (χ1n) is 5.11. The molecule has 17 heavy (non-hydrogen) atoms. The summed E-state index contributed by atoms with van der Waals surface area (Å²) in [5, 5.41) is 0. The SMILES string of the molecule is C.C.CCC.c1ccncc1.c1ccncc1. The van der Waals surface area contributed by atoms with Crippen LogP contribution >= 0.6 is 0 Å². The van der Waals surface area contributed by atoms with Crippen molar-refractivity contribution in [2.24, 2.45) is 0 Å². The quantitative estimate of drug-likeness (QED) is 0.651. The topological polar surface area (TPSA) is 25.8 Å². The molecular formula is C15H26N2. The molecule has 2 aromatic heterocycles. The lowest BCUT2D eigenvalue weighted by Crippen LogP contribution is -1.58. The Hall–Kier alpha value is -1.70. The molecule has 0 N–H and O–H groups in total. The molecule has 0 bridgehead atoms. The standard InChI is InChI=1S/2C5H5N.C3H8.2CH4/c2*1-2-4-6-5-3-1;1-3-2;;/h2*1-5H;3H2,1-2H3;2*1H4. The first-order valence-corrected chi connectivity index (χ1v) is 5.11. The van der Waals surface area contributed by atoms with Gasteiger partial charge in [0, 0.05) is 24.8 Å². The van der Waals surface area contributed by atoms with Gasteiger partial charge < -0.3 is 0 Å². The van der Waals surface area contributed by atoms with E-state index in [1.54, 1.807) is 24.8 Å². The van der Waals surface area contributed by atoms with Crippen molar-refractivity contribution >= 4 is 0 Å². The van der Waals surface area contributed by atoms with E-state index in [9.17, 15) is 0 Å². The number of hydrogen-bond acceptors (Lipinski definition) is 2. The number of nitrogens with zero attached hydrogens (tertiary/aromatic N) is 2. The predicted octanol–water partition coefficient (Wildman–Crippen LogP) is 4.85. The number of rotatable bonds is 0. The molecular weight excluding hydrogens is 208 g/mol. The summed E-state index contributed by atoms with van der Waals surface area (Å²) in [6.07, 6.45) is 8.25. The molecule has 0 fully saturated rings. The van der Waals surface area contributed by atoms with Gasteiger partial charge in [-0.1, -0.05) is 47.3 Å². The molecule has 0 aliphatic rings. The van der Waals surface area contributed by atoms with Gasteiger partial charge in [-0.25, -0.2) is 0 Å². The molecule has 2 heterocycles. The van der Waals surface area contributed by atoms with Crippen LogP contribution in [0.15, 0.2) is 61.2 Å². The van der Waals surface area contributed by atoms with Crippen LogP contribution < -0.4 is 0 Å². The summed E-state index contributed by atoms with van der Waals surface area (Å²) < 4.78 is 0. The monoisotopic (exact) mass is 234 g/mol. The normalized spacial score (nSPS) is 6.71. The van der Waals surface area contributed by atoms with Gasteiger partial charge >= 0.3 is 0 Å². The highest BCUT2D eigenvalue weighted by Crippen LogP contribution is 1.74. The van der Waals surface area contributed by atoms with Crippen molar-refractivity contribution in [1.29, 1.82) is 0 Å². The van der Waals surface area contributed by atoms with Crippen LogP contribution in [0.4, 0.5) is 0 Å². The summed E-state index contributed by atoms with van der Waals surface area (Å²) in [5.74, 6) is 0. The van der Waals surface area contributed by atoms with Gasteiger partial charge in [0.15, 0.2) is 0 Å². The van der Waals surface area contributed by atoms with E-state index in [2.05, 4.69) is 23.8 Å². The maximum atomic E-state index is 3.78. The summed E-state index contributed by atoms with van der Waals surface area (Å²) >= 11 is 0. The summed E-state index contributed by atoms with van der Waals surface area (Å²) in [6.45, 7) is 4.25. The Bertz CT molecular complexity index is 197. The van der Waals surface area contributed by atoms with E-state index in [-0.39, 0.29) is 14.9 Å². The molecule has 2 rings (SSSR count). The van der Waals surface area contributed by atoms with E-state index < -0.39 is 0 Å². The van der Waals surface area contributed by atoms with Crippen molar-refractivity contribution in [2.45, 2.75) is 35.1 Å². The Kier molecular flexibility index (Phi) is 24.1. The second kappa shape index (κ2) is 19.8. The molecule has 0 radical (unpaired) electrons. The van der Waals surface area contributed by atoms with E-state index in [4.69, 9.17) is 0 Å². The molecule has 0 spiro atoms. The summed E-state index contributed by atoms with van der Waals surface area (Å²) in [6, 6.07) is 11.4. The van der Waals surface area contributed by atoms with Gasteiger partial charge in [-0.3, -0.25) is 9.97 Å². The van der Waals surface area contributed by atoms with E-state index >= 15 is 0 Å². The van der Waals surface area contributed by atoms with Gasteiger partial charge in [-0.05, 0) is 24.3 Å². The first-order chi connectivity index (χ1) is 7.41. The fourth-order valence-corrected chi connectivity index (χ4v) is 0.625. The Morgan fingerprint density at radius 1 is 0.588 bits per heavy atom. The molecule has 0 atom stereocenters. The average molecular weight is 234 g/mol. The zero-order valence-corrected chi connectivity index (χ0v) is 9.38. The van der Waals surface area contributed by atoms with E-state index in [1.807, 2.05) is 36.4 Å². The molecule has 0 unspecified atom stereocenters. The maximum absolute atomic E-state index is 3.78. The third kappa shape index (κ3) is 20.4. The van der Waals surface area contributed by atoms with Gasteiger partial charge in [-0.2, -0.15) is 0 Å². The largest absolute Gasteiger partial charge is 0.265 e. The Labute approximate surface area is 107 Å². The van der Waals surface area contributed by atoms with Gasteiger partial charge in [0.2, 0.25) is 0 Å². The van der Waals surface area contributed by atoms with Gasteiger partial charge in [0.05, 0.1) is 0 Å². The fourth-order valence-electron chi connectivity index (χ4n) is 0.625. The van der Waals surface area contributed by atoms with Crippen molar-refractivity contribution in [3.63, 3.8) is 0 Å². The molecule has 2 nitrogen and oxygen atoms in total. The van der Waals surface area contributed by atoms with Crippen LogP contribution in [0.5, 0.6) is 0 Å². The van der Waals surface area contributed by atoms with Crippen LogP contribution in [0.25, 0.3) is 0 Å². The predicted molar refractivity (Wildman–Crippen MR) is 77.9 cm³/mol. The molecule has 0 aromatic carbocycles. The van der Waals surface area contributed by atoms with Crippen molar-refractivity contribution < 1.29 is 0 Å². The highest BCUT2D eigenvalue weighted by Gasteiger charge is 1.59. The summed E-state index contributed by atoms with van der Waals surface area (Å²) in [7, 11) is 0. The molecule has 0 saturated carbocycles.